The highest BCUT2D eigenvalue weighted by Gasteiger charge is 2.24. The number of amides is 1. The SMILES string of the molecule is Cc1nn(CC(=O)N2CC[NH+](Cc3ccccc3)CC2)c(=O)c2ccccc12. The molecule has 0 radical (unpaired) electrons. The van der Waals surface area contributed by atoms with E-state index in [1.54, 1.807) is 6.07 Å². The fourth-order valence-corrected chi connectivity index (χ4v) is 3.87. The van der Waals surface area contributed by atoms with Gasteiger partial charge in [0, 0.05) is 10.9 Å². The van der Waals surface area contributed by atoms with E-state index in [0.29, 0.717) is 18.5 Å². The van der Waals surface area contributed by atoms with Gasteiger partial charge in [0.1, 0.15) is 13.1 Å². The predicted octanol–water partition coefficient (Wildman–Crippen LogP) is 0.632. The molecule has 1 aromatic heterocycles. The molecule has 1 aliphatic heterocycles. The Bertz CT molecular complexity index is 1040. The molecular weight excluding hydrogens is 352 g/mol. The lowest BCUT2D eigenvalue weighted by molar-refractivity contribution is -0.917. The van der Waals surface area contributed by atoms with Crippen LogP contribution in [0, 0.1) is 6.92 Å². The number of aryl methyl sites for hydroxylation is 1. The maximum absolute atomic E-state index is 12.7. The Morgan fingerprint density at radius 1 is 1.00 bits per heavy atom. The molecule has 6 heteroatoms. The standard InChI is InChI=1S/C22H24N4O2/c1-17-19-9-5-6-10-20(19)22(28)26(23-17)16-21(27)25-13-11-24(12-14-25)15-18-7-3-2-4-8-18/h2-10H,11-16H2,1H3/p+1. The van der Waals surface area contributed by atoms with Gasteiger partial charge in [0.25, 0.3) is 5.56 Å². The Hall–Kier alpha value is -2.99. The first kappa shape index (κ1) is 18.4. The molecule has 1 fully saturated rings. The largest absolute Gasteiger partial charge is 0.330 e. The summed E-state index contributed by atoms with van der Waals surface area (Å²) >= 11 is 0. The van der Waals surface area contributed by atoms with Crippen molar-refractivity contribution in [2.45, 2.75) is 20.0 Å². The summed E-state index contributed by atoms with van der Waals surface area (Å²) in [6.07, 6.45) is 0. The lowest BCUT2D eigenvalue weighted by atomic mass is 10.1. The van der Waals surface area contributed by atoms with E-state index in [0.717, 1.165) is 30.7 Å². The number of nitrogens with one attached hydrogen (secondary N) is 1. The van der Waals surface area contributed by atoms with Crippen molar-refractivity contribution in [3.63, 3.8) is 0 Å². The minimum absolute atomic E-state index is 0.00146. The number of hydrogen-bond donors (Lipinski definition) is 1. The normalized spacial score (nSPS) is 15.1. The Morgan fingerprint density at radius 3 is 2.36 bits per heavy atom. The van der Waals surface area contributed by atoms with Crippen LogP contribution in [0.5, 0.6) is 0 Å². The van der Waals surface area contributed by atoms with Gasteiger partial charge in [-0.2, -0.15) is 5.10 Å². The van der Waals surface area contributed by atoms with E-state index in [9.17, 15) is 9.59 Å². The number of fused-ring (bicyclic) bond motifs is 1. The molecule has 0 atom stereocenters. The monoisotopic (exact) mass is 377 g/mol. The number of benzene rings is 2. The van der Waals surface area contributed by atoms with Crippen molar-refractivity contribution in [1.29, 1.82) is 0 Å². The molecule has 1 N–H and O–H groups in total. The van der Waals surface area contributed by atoms with E-state index < -0.39 is 0 Å². The quantitative estimate of drug-likeness (QED) is 0.726. The fraction of sp³-hybridized carbons (Fsp3) is 0.318. The highest BCUT2D eigenvalue weighted by molar-refractivity contribution is 5.83. The maximum atomic E-state index is 12.7. The van der Waals surface area contributed by atoms with Gasteiger partial charge in [0.2, 0.25) is 5.91 Å². The number of hydrogen-bond acceptors (Lipinski definition) is 3. The highest BCUT2D eigenvalue weighted by atomic mass is 16.2. The van der Waals surface area contributed by atoms with Crippen LogP contribution in [0.25, 0.3) is 10.8 Å². The minimum atomic E-state index is -0.206. The number of quaternary nitrogens is 1. The molecule has 0 aliphatic carbocycles. The zero-order valence-corrected chi connectivity index (χ0v) is 16.1. The van der Waals surface area contributed by atoms with Crippen molar-refractivity contribution in [3.05, 3.63) is 76.2 Å². The summed E-state index contributed by atoms with van der Waals surface area (Å²) in [5, 5.41) is 5.81. The Morgan fingerprint density at radius 2 is 1.64 bits per heavy atom. The van der Waals surface area contributed by atoms with Crippen LogP contribution in [0.2, 0.25) is 0 Å². The molecule has 2 aromatic carbocycles. The summed E-state index contributed by atoms with van der Waals surface area (Å²) in [5.41, 5.74) is 1.88. The first-order chi connectivity index (χ1) is 13.6. The summed E-state index contributed by atoms with van der Waals surface area (Å²) in [4.78, 5) is 28.8. The lowest BCUT2D eigenvalue weighted by Gasteiger charge is -2.32. The molecule has 1 saturated heterocycles. The average molecular weight is 377 g/mol. The molecule has 0 bridgehead atoms. The zero-order valence-electron chi connectivity index (χ0n) is 16.1. The molecular formula is C22H25N4O2+. The third kappa shape index (κ3) is 3.82. The van der Waals surface area contributed by atoms with Gasteiger partial charge in [-0.15, -0.1) is 0 Å². The van der Waals surface area contributed by atoms with Crippen LogP contribution >= 0.6 is 0 Å². The second kappa shape index (κ2) is 7.94. The molecule has 0 spiro atoms. The van der Waals surface area contributed by atoms with E-state index in [1.165, 1.54) is 15.1 Å². The average Bonchev–Trinajstić information content (AvgIpc) is 2.73. The molecule has 2 heterocycles. The molecule has 1 amide bonds. The van der Waals surface area contributed by atoms with Crippen LogP contribution in [0.4, 0.5) is 0 Å². The highest BCUT2D eigenvalue weighted by Crippen LogP contribution is 2.11. The summed E-state index contributed by atoms with van der Waals surface area (Å²) in [6, 6.07) is 17.8. The molecule has 3 aromatic rings. The van der Waals surface area contributed by atoms with Gasteiger partial charge < -0.3 is 9.80 Å². The number of carbonyl (C=O) groups excluding carboxylic acids is 1. The molecule has 6 nitrogen and oxygen atoms in total. The van der Waals surface area contributed by atoms with E-state index >= 15 is 0 Å². The van der Waals surface area contributed by atoms with Crippen LogP contribution in [-0.4, -0.2) is 46.8 Å². The molecule has 1 aliphatic rings. The van der Waals surface area contributed by atoms with Crippen molar-refractivity contribution in [2.75, 3.05) is 26.2 Å². The van der Waals surface area contributed by atoms with Crippen LogP contribution in [0.1, 0.15) is 11.3 Å². The van der Waals surface area contributed by atoms with Gasteiger partial charge in [0.15, 0.2) is 0 Å². The van der Waals surface area contributed by atoms with Crippen molar-refractivity contribution in [2.24, 2.45) is 0 Å². The van der Waals surface area contributed by atoms with E-state index in [2.05, 4.69) is 29.4 Å². The van der Waals surface area contributed by atoms with E-state index in [4.69, 9.17) is 0 Å². The molecule has 28 heavy (non-hydrogen) atoms. The van der Waals surface area contributed by atoms with Crippen LogP contribution in [-0.2, 0) is 17.9 Å². The topological polar surface area (TPSA) is 59.6 Å². The van der Waals surface area contributed by atoms with Crippen molar-refractivity contribution >= 4 is 16.7 Å². The summed E-state index contributed by atoms with van der Waals surface area (Å²) in [7, 11) is 0. The maximum Gasteiger partial charge on any atom is 0.275 e. The smallest absolute Gasteiger partial charge is 0.275 e. The number of piperazine rings is 1. The number of carbonyl (C=O) groups is 1. The van der Waals surface area contributed by atoms with Crippen molar-refractivity contribution in [3.8, 4) is 0 Å². The second-order valence-corrected chi connectivity index (χ2v) is 7.39. The van der Waals surface area contributed by atoms with Gasteiger partial charge in [-0.05, 0) is 13.0 Å². The van der Waals surface area contributed by atoms with Gasteiger partial charge in [0.05, 0.1) is 37.3 Å². The minimum Gasteiger partial charge on any atom is -0.330 e. The molecule has 144 valence electrons. The first-order valence-corrected chi connectivity index (χ1v) is 9.73. The summed E-state index contributed by atoms with van der Waals surface area (Å²) < 4.78 is 1.31. The number of rotatable bonds is 4. The summed E-state index contributed by atoms with van der Waals surface area (Å²) in [5.74, 6) is -0.0388. The second-order valence-electron chi connectivity index (χ2n) is 7.39. The number of aromatic nitrogens is 2. The predicted molar refractivity (Wildman–Crippen MR) is 108 cm³/mol. The first-order valence-electron chi connectivity index (χ1n) is 9.73. The summed E-state index contributed by atoms with van der Waals surface area (Å²) in [6.45, 7) is 6.10. The third-order valence-corrected chi connectivity index (χ3v) is 5.46. The van der Waals surface area contributed by atoms with Crippen LogP contribution in [0.3, 0.4) is 0 Å². The van der Waals surface area contributed by atoms with E-state index in [1.807, 2.05) is 36.1 Å². The van der Waals surface area contributed by atoms with Gasteiger partial charge >= 0.3 is 0 Å². The Balaban J connectivity index is 1.41. The molecule has 4 rings (SSSR count). The van der Waals surface area contributed by atoms with Crippen LogP contribution in [0.15, 0.2) is 59.4 Å². The third-order valence-electron chi connectivity index (χ3n) is 5.46. The molecule has 0 unspecified atom stereocenters. The van der Waals surface area contributed by atoms with Crippen LogP contribution < -0.4 is 10.5 Å². The Kier molecular flexibility index (Phi) is 5.21. The fourth-order valence-electron chi connectivity index (χ4n) is 3.87. The lowest BCUT2D eigenvalue weighted by Crippen LogP contribution is -3.13. The van der Waals surface area contributed by atoms with E-state index in [-0.39, 0.29) is 18.0 Å². The van der Waals surface area contributed by atoms with Gasteiger partial charge in [-0.25, -0.2) is 4.68 Å². The molecule has 0 saturated carbocycles. The van der Waals surface area contributed by atoms with Crippen molar-refractivity contribution < 1.29 is 9.69 Å². The van der Waals surface area contributed by atoms with Crippen molar-refractivity contribution in [1.82, 2.24) is 14.7 Å². The van der Waals surface area contributed by atoms with Gasteiger partial charge in [-0.1, -0.05) is 48.5 Å². The zero-order chi connectivity index (χ0) is 19.5. The number of nitrogens with zero attached hydrogens (tertiary/aromatic N) is 3. The van der Waals surface area contributed by atoms with Gasteiger partial charge in [-0.3, -0.25) is 9.59 Å². The Labute approximate surface area is 164 Å².